The van der Waals surface area contributed by atoms with Crippen LogP contribution in [0.15, 0.2) is 36.7 Å². The summed E-state index contributed by atoms with van der Waals surface area (Å²) in [4.78, 5) is 16.8. The van der Waals surface area contributed by atoms with Crippen LogP contribution in [0.1, 0.15) is 22.8 Å². The molecule has 2 heterocycles. The second-order valence-corrected chi connectivity index (χ2v) is 5.33. The standard InChI is InChI=1S/C15H11Cl2N3O/c1-2-20-15-12(8-19-20)13(17)11(7-18-15)14(21)9-3-5-10(16)6-4-9/h3-8H,2H2,1H3. The molecule has 3 rings (SSSR count). The van der Waals surface area contributed by atoms with Gasteiger partial charge in [-0.05, 0) is 31.2 Å². The Balaban J connectivity index is 2.10. The summed E-state index contributed by atoms with van der Waals surface area (Å²) < 4.78 is 1.73. The average molecular weight is 320 g/mol. The van der Waals surface area contributed by atoms with Crippen molar-refractivity contribution in [3.63, 3.8) is 0 Å². The van der Waals surface area contributed by atoms with E-state index < -0.39 is 0 Å². The molecule has 0 spiro atoms. The lowest BCUT2D eigenvalue weighted by atomic mass is 10.0. The van der Waals surface area contributed by atoms with Gasteiger partial charge in [-0.25, -0.2) is 9.67 Å². The first kappa shape index (κ1) is 14.0. The highest BCUT2D eigenvalue weighted by atomic mass is 35.5. The second-order valence-electron chi connectivity index (χ2n) is 4.52. The number of ketones is 1. The number of pyridine rings is 1. The summed E-state index contributed by atoms with van der Waals surface area (Å²) in [6.45, 7) is 2.66. The van der Waals surface area contributed by atoms with Crippen LogP contribution in [0.2, 0.25) is 10.0 Å². The first-order valence-electron chi connectivity index (χ1n) is 6.42. The number of nitrogens with zero attached hydrogens (tertiary/aromatic N) is 3. The van der Waals surface area contributed by atoms with Crippen LogP contribution >= 0.6 is 23.2 Å². The van der Waals surface area contributed by atoms with E-state index in [2.05, 4.69) is 10.1 Å². The van der Waals surface area contributed by atoms with Gasteiger partial charge < -0.3 is 0 Å². The number of hydrogen-bond acceptors (Lipinski definition) is 3. The molecule has 0 saturated heterocycles. The van der Waals surface area contributed by atoms with Crippen molar-refractivity contribution in [2.75, 3.05) is 0 Å². The minimum atomic E-state index is -0.185. The van der Waals surface area contributed by atoms with Crippen molar-refractivity contribution in [3.05, 3.63) is 57.8 Å². The first-order valence-corrected chi connectivity index (χ1v) is 7.17. The van der Waals surface area contributed by atoms with E-state index >= 15 is 0 Å². The van der Waals surface area contributed by atoms with Crippen molar-refractivity contribution in [2.24, 2.45) is 0 Å². The third kappa shape index (κ3) is 2.41. The van der Waals surface area contributed by atoms with E-state index in [1.165, 1.54) is 6.20 Å². The van der Waals surface area contributed by atoms with Crippen molar-refractivity contribution in [3.8, 4) is 0 Å². The van der Waals surface area contributed by atoms with Gasteiger partial charge in [-0.1, -0.05) is 23.2 Å². The predicted octanol–water partition coefficient (Wildman–Crippen LogP) is 3.99. The molecule has 0 aliphatic carbocycles. The van der Waals surface area contributed by atoms with Gasteiger partial charge in [-0.2, -0.15) is 5.10 Å². The fraction of sp³-hybridized carbons (Fsp3) is 0.133. The Bertz CT molecular complexity index is 825. The number of fused-ring (bicyclic) bond motifs is 1. The number of benzene rings is 1. The highest BCUT2D eigenvalue weighted by molar-refractivity contribution is 6.39. The molecule has 0 fully saturated rings. The Morgan fingerprint density at radius 2 is 1.90 bits per heavy atom. The summed E-state index contributed by atoms with van der Waals surface area (Å²) in [6, 6.07) is 6.68. The zero-order valence-electron chi connectivity index (χ0n) is 11.2. The Morgan fingerprint density at radius 3 is 2.57 bits per heavy atom. The fourth-order valence-electron chi connectivity index (χ4n) is 2.14. The minimum Gasteiger partial charge on any atom is -0.288 e. The summed E-state index contributed by atoms with van der Waals surface area (Å²) >= 11 is 12.2. The lowest BCUT2D eigenvalue weighted by molar-refractivity contribution is 0.103. The number of halogens is 2. The van der Waals surface area contributed by atoms with Crippen molar-refractivity contribution < 1.29 is 4.79 Å². The third-order valence-electron chi connectivity index (χ3n) is 3.25. The predicted molar refractivity (Wildman–Crippen MR) is 83.1 cm³/mol. The number of hydrogen-bond donors (Lipinski definition) is 0. The van der Waals surface area contributed by atoms with Gasteiger partial charge in [-0.3, -0.25) is 4.79 Å². The molecule has 0 aliphatic rings. The van der Waals surface area contributed by atoms with Gasteiger partial charge in [-0.15, -0.1) is 0 Å². The highest BCUT2D eigenvalue weighted by Crippen LogP contribution is 2.27. The van der Waals surface area contributed by atoms with E-state index in [0.29, 0.717) is 38.8 Å². The van der Waals surface area contributed by atoms with E-state index in [-0.39, 0.29) is 5.78 Å². The molecule has 21 heavy (non-hydrogen) atoms. The van der Waals surface area contributed by atoms with Crippen LogP contribution in [0.25, 0.3) is 11.0 Å². The molecular weight excluding hydrogens is 309 g/mol. The largest absolute Gasteiger partial charge is 0.288 e. The van der Waals surface area contributed by atoms with Crippen LogP contribution in [-0.2, 0) is 6.54 Å². The minimum absolute atomic E-state index is 0.185. The van der Waals surface area contributed by atoms with Crippen molar-refractivity contribution in [2.45, 2.75) is 13.5 Å². The summed E-state index contributed by atoms with van der Waals surface area (Å²) in [5, 5.41) is 5.83. The molecule has 2 aromatic heterocycles. The monoisotopic (exact) mass is 319 g/mol. The summed E-state index contributed by atoms with van der Waals surface area (Å²) in [5.74, 6) is -0.185. The van der Waals surface area contributed by atoms with Gasteiger partial charge in [0.2, 0.25) is 0 Å². The van der Waals surface area contributed by atoms with E-state index in [4.69, 9.17) is 23.2 Å². The molecule has 0 amide bonds. The molecule has 0 bridgehead atoms. The Morgan fingerprint density at radius 1 is 1.19 bits per heavy atom. The molecule has 4 nitrogen and oxygen atoms in total. The molecule has 0 N–H and O–H groups in total. The molecule has 6 heteroatoms. The number of carbonyl (C=O) groups is 1. The Labute approximate surface area is 131 Å². The van der Waals surface area contributed by atoms with Gasteiger partial charge in [0.25, 0.3) is 0 Å². The van der Waals surface area contributed by atoms with Gasteiger partial charge in [0.1, 0.15) is 0 Å². The lowest BCUT2D eigenvalue weighted by Crippen LogP contribution is -2.04. The number of aromatic nitrogens is 3. The zero-order valence-corrected chi connectivity index (χ0v) is 12.7. The third-order valence-corrected chi connectivity index (χ3v) is 3.91. The van der Waals surface area contributed by atoms with Crippen LogP contribution in [-0.4, -0.2) is 20.5 Å². The maximum absolute atomic E-state index is 12.5. The normalized spacial score (nSPS) is 11.0. The van der Waals surface area contributed by atoms with E-state index in [1.54, 1.807) is 35.1 Å². The van der Waals surface area contributed by atoms with Gasteiger partial charge in [0.15, 0.2) is 11.4 Å². The summed E-state index contributed by atoms with van der Waals surface area (Å²) in [7, 11) is 0. The van der Waals surface area contributed by atoms with Gasteiger partial charge in [0, 0.05) is 23.3 Å². The molecule has 1 aromatic carbocycles. The number of carbonyl (C=O) groups excluding carboxylic acids is 1. The number of rotatable bonds is 3. The topological polar surface area (TPSA) is 47.8 Å². The lowest BCUT2D eigenvalue weighted by Gasteiger charge is -2.05. The van der Waals surface area contributed by atoms with E-state index in [1.807, 2.05) is 6.92 Å². The second kappa shape index (κ2) is 5.47. The molecule has 106 valence electrons. The van der Waals surface area contributed by atoms with Crippen LogP contribution in [0.5, 0.6) is 0 Å². The first-order chi connectivity index (χ1) is 10.1. The Kier molecular flexibility index (Phi) is 3.66. The van der Waals surface area contributed by atoms with Crippen molar-refractivity contribution in [1.29, 1.82) is 0 Å². The van der Waals surface area contributed by atoms with E-state index in [0.717, 1.165) is 0 Å². The fourth-order valence-corrected chi connectivity index (χ4v) is 2.54. The Hall–Kier alpha value is -1.91. The zero-order chi connectivity index (χ0) is 15.0. The molecule has 0 atom stereocenters. The average Bonchev–Trinajstić information content (AvgIpc) is 2.92. The smallest absolute Gasteiger partial charge is 0.196 e. The number of aryl methyl sites for hydroxylation is 1. The molecule has 0 aliphatic heterocycles. The van der Waals surface area contributed by atoms with Gasteiger partial charge in [0.05, 0.1) is 22.2 Å². The van der Waals surface area contributed by atoms with Crippen LogP contribution in [0.3, 0.4) is 0 Å². The van der Waals surface area contributed by atoms with Crippen LogP contribution in [0.4, 0.5) is 0 Å². The maximum atomic E-state index is 12.5. The van der Waals surface area contributed by atoms with Gasteiger partial charge >= 0.3 is 0 Å². The molecule has 3 aromatic rings. The molecule has 0 unspecified atom stereocenters. The molecule has 0 saturated carbocycles. The highest BCUT2D eigenvalue weighted by Gasteiger charge is 2.17. The van der Waals surface area contributed by atoms with Crippen molar-refractivity contribution in [1.82, 2.24) is 14.8 Å². The summed E-state index contributed by atoms with van der Waals surface area (Å²) in [6.07, 6.45) is 3.13. The molecular formula is C15H11Cl2N3O. The van der Waals surface area contributed by atoms with Crippen LogP contribution < -0.4 is 0 Å². The SMILES string of the molecule is CCn1ncc2c(Cl)c(C(=O)c3ccc(Cl)cc3)cnc21. The summed E-state index contributed by atoms with van der Waals surface area (Å²) in [5.41, 5.74) is 1.56. The van der Waals surface area contributed by atoms with E-state index in [9.17, 15) is 4.79 Å². The quantitative estimate of drug-likeness (QED) is 0.686. The molecule has 0 radical (unpaired) electrons. The van der Waals surface area contributed by atoms with Crippen LogP contribution in [0, 0.1) is 0 Å². The maximum Gasteiger partial charge on any atom is 0.196 e. The van der Waals surface area contributed by atoms with Crippen molar-refractivity contribution >= 4 is 40.0 Å².